The number of pyridine rings is 1. The smallest absolute Gasteiger partial charge is 0.258 e. The van der Waals surface area contributed by atoms with Gasteiger partial charge in [0.1, 0.15) is 12.6 Å². The standard InChI is InChI=1S/C26H28N4O4/c1-33-23-12-7-11-21(24(23)34-18-20-10-5-6-13-28-20)26(32)30-15-14-29(17-22(30)25(27)31)16-19-8-3-2-4-9-19/h2-13,22H,14-18H2,1H3,(H2,27,31)/t22-/m1/s1. The molecule has 0 bridgehead atoms. The molecule has 1 aliphatic rings. The second-order valence-electron chi connectivity index (χ2n) is 8.08. The number of hydrogen-bond donors (Lipinski definition) is 1. The Morgan fingerprint density at radius 1 is 1.03 bits per heavy atom. The summed E-state index contributed by atoms with van der Waals surface area (Å²) in [5.41, 5.74) is 7.91. The lowest BCUT2D eigenvalue weighted by atomic mass is 10.1. The van der Waals surface area contributed by atoms with Crippen LogP contribution in [0.2, 0.25) is 0 Å². The number of nitrogens with zero attached hydrogens (tertiary/aromatic N) is 3. The van der Waals surface area contributed by atoms with Gasteiger partial charge < -0.3 is 20.1 Å². The van der Waals surface area contributed by atoms with E-state index in [0.717, 1.165) is 11.3 Å². The van der Waals surface area contributed by atoms with Gasteiger partial charge in [0.25, 0.3) is 5.91 Å². The number of carbonyl (C=O) groups excluding carboxylic acids is 2. The monoisotopic (exact) mass is 460 g/mol. The number of methoxy groups -OCH3 is 1. The molecule has 1 atom stereocenters. The predicted octanol–water partition coefficient (Wildman–Crippen LogP) is 2.48. The van der Waals surface area contributed by atoms with Gasteiger partial charge >= 0.3 is 0 Å². The van der Waals surface area contributed by atoms with E-state index in [1.807, 2.05) is 48.5 Å². The molecule has 0 unspecified atom stereocenters. The average molecular weight is 461 g/mol. The molecule has 3 aromatic rings. The van der Waals surface area contributed by atoms with Gasteiger partial charge in [-0.1, -0.05) is 42.5 Å². The first kappa shape index (κ1) is 23.3. The molecular formula is C26H28N4O4. The summed E-state index contributed by atoms with van der Waals surface area (Å²) in [6.07, 6.45) is 1.68. The van der Waals surface area contributed by atoms with Crippen LogP contribution in [-0.4, -0.2) is 59.4 Å². The number of primary amides is 1. The normalized spacial score (nSPS) is 16.1. The maximum atomic E-state index is 13.6. The van der Waals surface area contributed by atoms with Gasteiger partial charge in [-0.15, -0.1) is 0 Å². The highest BCUT2D eigenvalue weighted by Gasteiger charge is 2.36. The average Bonchev–Trinajstić information content (AvgIpc) is 2.88. The van der Waals surface area contributed by atoms with Crippen LogP contribution in [0.1, 0.15) is 21.6 Å². The van der Waals surface area contributed by atoms with Crippen LogP contribution in [0.15, 0.2) is 72.9 Å². The lowest BCUT2D eigenvalue weighted by Crippen LogP contribution is -2.59. The molecule has 1 saturated heterocycles. The van der Waals surface area contributed by atoms with Gasteiger partial charge in [-0.25, -0.2) is 0 Å². The molecule has 2 heterocycles. The molecule has 0 spiro atoms. The molecule has 0 saturated carbocycles. The molecular weight excluding hydrogens is 432 g/mol. The van der Waals surface area contributed by atoms with Gasteiger partial charge in [-0.05, 0) is 29.8 Å². The van der Waals surface area contributed by atoms with Crippen LogP contribution in [0.25, 0.3) is 0 Å². The van der Waals surface area contributed by atoms with Crippen molar-refractivity contribution in [3.05, 3.63) is 89.7 Å². The Morgan fingerprint density at radius 2 is 1.82 bits per heavy atom. The van der Waals surface area contributed by atoms with Crippen LogP contribution < -0.4 is 15.2 Å². The largest absolute Gasteiger partial charge is 0.493 e. The van der Waals surface area contributed by atoms with E-state index in [0.29, 0.717) is 43.2 Å². The van der Waals surface area contributed by atoms with Crippen LogP contribution in [0.4, 0.5) is 0 Å². The maximum Gasteiger partial charge on any atom is 0.258 e. The van der Waals surface area contributed by atoms with Crippen molar-refractivity contribution in [3.63, 3.8) is 0 Å². The number of rotatable bonds is 8. The van der Waals surface area contributed by atoms with Gasteiger partial charge in [0.2, 0.25) is 5.91 Å². The van der Waals surface area contributed by atoms with Crippen molar-refractivity contribution in [2.45, 2.75) is 19.2 Å². The third kappa shape index (κ3) is 5.35. The Kier molecular flexibility index (Phi) is 7.39. The van der Waals surface area contributed by atoms with Gasteiger partial charge in [-0.2, -0.15) is 0 Å². The summed E-state index contributed by atoms with van der Waals surface area (Å²) in [7, 11) is 1.52. The van der Waals surface area contributed by atoms with E-state index in [1.165, 1.54) is 12.0 Å². The zero-order valence-corrected chi connectivity index (χ0v) is 19.1. The molecule has 8 heteroatoms. The van der Waals surface area contributed by atoms with E-state index in [4.69, 9.17) is 15.2 Å². The fourth-order valence-corrected chi connectivity index (χ4v) is 4.09. The van der Waals surface area contributed by atoms with E-state index in [1.54, 1.807) is 24.4 Å². The van der Waals surface area contributed by atoms with Crippen molar-refractivity contribution in [2.24, 2.45) is 5.73 Å². The first-order valence-electron chi connectivity index (χ1n) is 11.1. The highest BCUT2D eigenvalue weighted by Crippen LogP contribution is 2.33. The van der Waals surface area contributed by atoms with Crippen LogP contribution >= 0.6 is 0 Å². The molecule has 0 radical (unpaired) electrons. The highest BCUT2D eigenvalue weighted by atomic mass is 16.5. The third-order valence-corrected chi connectivity index (χ3v) is 5.82. The van der Waals surface area contributed by atoms with E-state index in [2.05, 4.69) is 9.88 Å². The highest BCUT2D eigenvalue weighted by molar-refractivity contribution is 6.00. The van der Waals surface area contributed by atoms with Crippen molar-refractivity contribution in [3.8, 4) is 11.5 Å². The Hall–Kier alpha value is -3.91. The number of piperazine rings is 1. The summed E-state index contributed by atoms with van der Waals surface area (Å²) < 4.78 is 11.4. The minimum Gasteiger partial charge on any atom is -0.493 e. The van der Waals surface area contributed by atoms with Crippen molar-refractivity contribution in [1.29, 1.82) is 0 Å². The van der Waals surface area contributed by atoms with Crippen LogP contribution in [-0.2, 0) is 17.9 Å². The van der Waals surface area contributed by atoms with Gasteiger partial charge in [-0.3, -0.25) is 19.5 Å². The van der Waals surface area contributed by atoms with Crippen molar-refractivity contribution < 1.29 is 19.1 Å². The molecule has 1 aromatic heterocycles. The number of carbonyl (C=O) groups is 2. The second kappa shape index (κ2) is 10.8. The Labute approximate surface area is 198 Å². The summed E-state index contributed by atoms with van der Waals surface area (Å²) in [6, 6.07) is 19.9. The predicted molar refractivity (Wildman–Crippen MR) is 127 cm³/mol. The summed E-state index contributed by atoms with van der Waals surface area (Å²) in [5, 5.41) is 0. The molecule has 34 heavy (non-hydrogen) atoms. The number of nitrogens with two attached hydrogens (primary N) is 1. The SMILES string of the molecule is COc1cccc(C(=O)N2CCN(Cc3ccccc3)C[C@@H]2C(N)=O)c1OCc1ccccn1. The van der Waals surface area contributed by atoms with Crippen LogP contribution in [0, 0.1) is 0 Å². The molecule has 4 rings (SSSR count). The molecule has 2 amide bonds. The van der Waals surface area contributed by atoms with Crippen LogP contribution in [0.3, 0.4) is 0 Å². The van der Waals surface area contributed by atoms with E-state index in [9.17, 15) is 9.59 Å². The van der Waals surface area contributed by atoms with Gasteiger partial charge in [0.15, 0.2) is 11.5 Å². The zero-order chi connectivity index (χ0) is 23.9. The molecule has 176 valence electrons. The molecule has 2 aromatic carbocycles. The summed E-state index contributed by atoms with van der Waals surface area (Å²) in [6.45, 7) is 2.22. The Morgan fingerprint density at radius 3 is 2.53 bits per heavy atom. The minimum atomic E-state index is -0.750. The zero-order valence-electron chi connectivity index (χ0n) is 19.1. The number of ether oxygens (including phenoxy) is 2. The topological polar surface area (TPSA) is 98.0 Å². The number of para-hydroxylation sites is 1. The number of hydrogen-bond acceptors (Lipinski definition) is 6. The lowest BCUT2D eigenvalue weighted by molar-refractivity contribution is -0.124. The first-order chi connectivity index (χ1) is 16.6. The Balaban J connectivity index is 1.54. The van der Waals surface area contributed by atoms with E-state index in [-0.39, 0.29) is 12.5 Å². The number of benzene rings is 2. The Bertz CT molecular complexity index is 1120. The first-order valence-corrected chi connectivity index (χ1v) is 11.1. The van der Waals surface area contributed by atoms with E-state index >= 15 is 0 Å². The fourth-order valence-electron chi connectivity index (χ4n) is 4.09. The fraction of sp³-hybridized carbons (Fsp3) is 0.269. The van der Waals surface area contributed by atoms with Crippen molar-refractivity contribution >= 4 is 11.8 Å². The number of aromatic nitrogens is 1. The summed E-state index contributed by atoms with van der Waals surface area (Å²) in [4.78, 5) is 33.9. The molecule has 8 nitrogen and oxygen atoms in total. The summed E-state index contributed by atoms with van der Waals surface area (Å²) in [5.74, 6) is -0.112. The second-order valence-corrected chi connectivity index (χ2v) is 8.08. The molecule has 2 N–H and O–H groups in total. The third-order valence-electron chi connectivity index (χ3n) is 5.82. The number of amides is 2. The molecule has 1 aliphatic heterocycles. The van der Waals surface area contributed by atoms with E-state index < -0.39 is 11.9 Å². The van der Waals surface area contributed by atoms with Crippen LogP contribution in [0.5, 0.6) is 11.5 Å². The molecule has 0 aliphatic carbocycles. The molecule has 1 fully saturated rings. The lowest BCUT2D eigenvalue weighted by Gasteiger charge is -2.40. The summed E-state index contributed by atoms with van der Waals surface area (Å²) >= 11 is 0. The van der Waals surface area contributed by atoms with Crippen molar-refractivity contribution in [1.82, 2.24) is 14.8 Å². The quantitative estimate of drug-likeness (QED) is 0.555. The minimum absolute atomic E-state index is 0.172. The maximum absolute atomic E-state index is 13.6. The van der Waals surface area contributed by atoms with Gasteiger partial charge in [0, 0.05) is 32.4 Å². The van der Waals surface area contributed by atoms with Gasteiger partial charge in [0.05, 0.1) is 18.4 Å². The van der Waals surface area contributed by atoms with Crippen molar-refractivity contribution in [2.75, 3.05) is 26.7 Å².